The summed E-state index contributed by atoms with van der Waals surface area (Å²) in [7, 11) is 0. The Bertz CT molecular complexity index is 489. The lowest BCUT2D eigenvalue weighted by Crippen LogP contribution is -1.94. The smallest absolute Gasteiger partial charge is 0.392 e. The van der Waals surface area contributed by atoms with Crippen molar-refractivity contribution in [3.05, 3.63) is 29.7 Å². The maximum atomic E-state index is 10.5. The lowest BCUT2D eigenvalue weighted by Gasteiger charge is -1.92. The first-order valence-corrected chi connectivity index (χ1v) is 3.94. The fourth-order valence-electron chi connectivity index (χ4n) is 1.16. The number of benzene rings is 1. The molecule has 0 radical (unpaired) electrons. The fourth-order valence-corrected chi connectivity index (χ4v) is 1.16. The number of nitrogens with zero attached hydrogens (tertiary/aromatic N) is 1. The molecule has 0 spiro atoms. The predicted octanol–water partition coefficient (Wildman–Crippen LogP) is 1.02. The van der Waals surface area contributed by atoms with Gasteiger partial charge in [0.25, 0.3) is 0 Å². The van der Waals surface area contributed by atoms with Crippen LogP contribution in [0, 0.1) is 0 Å². The van der Waals surface area contributed by atoms with Crippen molar-refractivity contribution in [2.45, 2.75) is 6.61 Å². The van der Waals surface area contributed by atoms with Crippen molar-refractivity contribution >= 4 is 17.1 Å². The quantitative estimate of drug-likeness (QED) is 0.743. The first-order valence-electron chi connectivity index (χ1n) is 3.94. The number of aliphatic hydroxyl groups is 1. The first kappa shape index (κ1) is 8.71. The number of carboxylic acid groups (broad SMARTS) is 1. The average molecular weight is 193 g/mol. The molecule has 5 nitrogen and oxygen atoms in total. The van der Waals surface area contributed by atoms with Gasteiger partial charge < -0.3 is 14.6 Å². The highest BCUT2D eigenvalue weighted by atomic mass is 16.4. The van der Waals surface area contributed by atoms with Gasteiger partial charge in [-0.1, -0.05) is 6.07 Å². The van der Waals surface area contributed by atoms with Crippen LogP contribution in [0.3, 0.4) is 0 Å². The third-order valence-electron chi connectivity index (χ3n) is 1.82. The van der Waals surface area contributed by atoms with Gasteiger partial charge in [0.05, 0.1) is 6.61 Å². The molecule has 0 saturated carbocycles. The number of aromatic nitrogens is 1. The van der Waals surface area contributed by atoms with E-state index in [4.69, 9.17) is 14.6 Å². The largest absolute Gasteiger partial charge is 0.474 e. The van der Waals surface area contributed by atoms with Gasteiger partial charge in [0, 0.05) is 0 Å². The summed E-state index contributed by atoms with van der Waals surface area (Å²) in [5, 5.41) is 17.4. The molecule has 0 aliphatic heterocycles. The second kappa shape index (κ2) is 3.12. The van der Waals surface area contributed by atoms with Gasteiger partial charge in [0.15, 0.2) is 5.58 Å². The Morgan fingerprint density at radius 1 is 1.50 bits per heavy atom. The summed E-state index contributed by atoms with van der Waals surface area (Å²) in [6, 6.07) is 4.82. The molecule has 0 aliphatic carbocycles. The SMILES string of the molecule is O=C(O)c1nc2cc(CO)ccc2o1. The molecule has 14 heavy (non-hydrogen) atoms. The van der Waals surface area contributed by atoms with Gasteiger partial charge in [-0.3, -0.25) is 0 Å². The van der Waals surface area contributed by atoms with E-state index in [0.717, 1.165) is 0 Å². The van der Waals surface area contributed by atoms with Crippen LogP contribution >= 0.6 is 0 Å². The van der Waals surface area contributed by atoms with E-state index in [2.05, 4.69) is 4.98 Å². The third kappa shape index (κ3) is 1.33. The number of carboxylic acids is 1. The minimum atomic E-state index is -1.20. The zero-order chi connectivity index (χ0) is 10.1. The van der Waals surface area contributed by atoms with Crippen molar-refractivity contribution in [3.63, 3.8) is 0 Å². The molecule has 2 N–H and O–H groups in total. The molecule has 72 valence electrons. The van der Waals surface area contributed by atoms with E-state index in [9.17, 15) is 4.79 Å². The molecule has 1 aromatic heterocycles. The van der Waals surface area contributed by atoms with Crippen molar-refractivity contribution < 1.29 is 19.4 Å². The summed E-state index contributed by atoms with van der Waals surface area (Å²) in [4.78, 5) is 14.3. The monoisotopic (exact) mass is 193 g/mol. The van der Waals surface area contributed by atoms with E-state index in [-0.39, 0.29) is 12.5 Å². The molecule has 2 aromatic rings. The Morgan fingerprint density at radius 2 is 2.29 bits per heavy atom. The van der Waals surface area contributed by atoms with Crippen LogP contribution in [0.15, 0.2) is 22.6 Å². The number of hydrogen-bond acceptors (Lipinski definition) is 4. The van der Waals surface area contributed by atoms with Crippen molar-refractivity contribution in [2.75, 3.05) is 0 Å². The zero-order valence-corrected chi connectivity index (χ0v) is 7.10. The second-order valence-corrected chi connectivity index (χ2v) is 2.78. The third-order valence-corrected chi connectivity index (χ3v) is 1.82. The Morgan fingerprint density at radius 3 is 2.93 bits per heavy atom. The molecule has 0 unspecified atom stereocenters. The molecule has 0 fully saturated rings. The number of oxazole rings is 1. The first-order chi connectivity index (χ1) is 6.70. The van der Waals surface area contributed by atoms with E-state index in [1.54, 1.807) is 18.2 Å². The molecule has 2 rings (SSSR count). The van der Waals surface area contributed by atoms with Crippen molar-refractivity contribution in [2.24, 2.45) is 0 Å². The number of rotatable bonds is 2. The number of aliphatic hydroxyl groups excluding tert-OH is 1. The lowest BCUT2D eigenvalue weighted by molar-refractivity contribution is 0.0656. The minimum Gasteiger partial charge on any atom is -0.474 e. The molecule has 0 atom stereocenters. The molecule has 5 heteroatoms. The minimum absolute atomic E-state index is 0.106. The Labute approximate surface area is 78.6 Å². The lowest BCUT2D eigenvalue weighted by atomic mass is 10.2. The summed E-state index contributed by atoms with van der Waals surface area (Å²) >= 11 is 0. The van der Waals surface area contributed by atoms with E-state index in [0.29, 0.717) is 16.7 Å². The van der Waals surface area contributed by atoms with Gasteiger partial charge >= 0.3 is 11.9 Å². The zero-order valence-electron chi connectivity index (χ0n) is 7.10. The Hall–Kier alpha value is -1.88. The topological polar surface area (TPSA) is 83.6 Å². The summed E-state index contributed by atoms with van der Waals surface area (Å²) in [5.74, 6) is -1.54. The normalized spacial score (nSPS) is 10.6. The van der Waals surface area contributed by atoms with Crippen LogP contribution in [-0.4, -0.2) is 21.2 Å². The van der Waals surface area contributed by atoms with Crippen LogP contribution in [-0.2, 0) is 6.61 Å². The van der Waals surface area contributed by atoms with E-state index < -0.39 is 5.97 Å². The van der Waals surface area contributed by atoms with Gasteiger partial charge in [-0.25, -0.2) is 9.78 Å². The summed E-state index contributed by atoms with van der Waals surface area (Å²) in [6.07, 6.45) is 0. The van der Waals surface area contributed by atoms with Gasteiger partial charge in [0.1, 0.15) is 5.52 Å². The van der Waals surface area contributed by atoms with Crippen molar-refractivity contribution in [1.82, 2.24) is 4.98 Å². The average Bonchev–Trinajstić information content (AvgIpc) is 2.59. The van der Waals surface area contributed by atoms with Gasteiger partial charge in [0.2, 0.25) is 0 Å². The molecular formula is C9H7NO4. The van der Waals surface area contributed by atoms with Crippen LogP contribution in [0.4, 0.5) is 0 Å². The standard InChI is InChI=1S/C9H7NO4/c11-4-5-1-2-7-6(3-5)10-8(14-7)9(12)13/h1-3,11H,4H2,(H,12,13). The van der Waals surface area contributed by atoms with E-state index >= 15 is 0 Å². The Balaban J connectivity index is 2.60. The number of fused-ring (bicyclic) bond motifs is 1. The van der Waals surface area contributed by atoms with Crippen molar-refractivity contribution in [3.8, 4) is 0 Å². The summed E-state index contributed by atoms with van der Waals surface area (Å²) < 4.78 is 4.94. The fraction of sp³-hybridized carbons (Fsp3) is 0.111. The molecule has 1 heterocycles. The Kier molecular flexibility index (Phi) is 1.94. The summed E-state index contributed by atoms with van der Waals surface area (Å²) in [6.45, 7) is -0.106. The highest BCUT2D eigenvalue weighted by Crippen LogP contribution is 2.17. The van der Waals surface area contributed by atoms with Gasteiger partial charge in [-0.15, -0.1) is 0 Å². The number of carbonyl (C=O) groups is 1. The highest BCUT2D eigenvalue weighted by Gasteiger charge is 2.12. The maximum absolute atomic E-state index is 10.5. The van der Waals surface area contributed by atoms with Crippen molar-refractivity contribution in [1.29, 1.82) is 0 Å². The van der Waals surface area contributed by atoms with Crippen LogP contribution in [0.2, 0.25) is 0 Å². The molecular weight excluding hydrogens is 186 g/mol. The van der Waals surface area contributed by atoms with Crippen LogP contribution in [0.5, 0.6) is 0 Å². The van der Waals surface area contributed by atoms with Crippen LogP contribution in [0.1, 0.15) is 16.2 Å². The second-order valence-electron chi connectivity index (χ2n) is 2.78. The number of aromatic carboxylic acids is 1. The maximum Gasteiger partial charge on any atom is 0.392 e. The predicted molar refractivity (Wildman–Crippen MR) is 46.9 cm³/mol. The molecule has 0 bridgehead atoms. The summed E-state index contributed by atoms with van der Waals surface area (Å²) in [5.41, 5.74) is 1.51. The van der Waals surface area contributed by atoms with E-state index in [1.807, 2.05) is 0 Å². The van der Waals surface area contributed by atoms with Gasteiger partial charge in [-0.05, 0) is 17.7 Å². The molecule has 1 aromatic carbocycles. The van der Waals surface area contributed by atoms with E-state index in [1.165, 1.54) is 0 Å². The molecule has 0 aliphatic rings. The van der Waals surface area contributed by atoms with Crippen LogP contribution < -0.4 is 0 Å². The van der Waals surface area contributed by atoms with Gasteiger partial charge in [-0.2, -0.15) is 0 Å². The highest BCUT2D eigenvalue weighted by molar-refractivity contribution is 5.86. The molecule has 0 amide bonds. The molecule has 0 saturated heterocycles. The number of hydrogen-bond donors (Lipinski definition) is 2. The van der Waals surface area contributed by atoms with Crippen LogP contribution in [0.25, 0.3) is 11.1 Å².